The van der Waals surface area contributed by atoms with Crippen LogP contribution in [0.2, 0.25) is 0 Å². The monoisotopic (exact) mass is 575 g/mol. The predicted octanol–water partition coefficient (Wildman–Crippen LogP) is 5.55. The normalized spacial score (nSPS) is 11.4. The zero-order chi connectivity index (χ0) is 29.8. The van der Waals surface area contributed by atoms with Crippen molar-refractivity contribution in [2.45, 2.75) is 19.5 Å². The Balaban J connectivity index is 2.12. The van der Waals surface area contributed by atoms with Crippen LogP contribution in [0.15, 0.2) is 36.7 Å². The summed E-state index contributed by atoms with van der Waals surface area (Å²) in [4.78, 5) is 32.4. The van der Waals surface area contributed by atoms with Crippen LogP contribution in [0.1, 0.15) is 32.1 Å². The van der Waals surface area contributed by atoms with Crippen molar-refractivity contribution in [3.63, 3.8) is 0 Å². The fourth-order valence-corrected chi connectivity index (χ4v) is 3.28. The molecule has 10 nitrogen and oxygen atoms in total. The number of halogens is 6. The molecular formula is C24H19F6N3O7. The van der Waals surface area contributed by atoms with Gasteiger partial charge in [-0.05, 0) is 30.7 Å². The molecule has 3 rings (SSSR count). The summed E-state index contributed by atoms with van der Waals surface area (Å²) in [7, 11) is 3.05. The van der Waals surface area contributed by atoms with Crippen molar-refractivity contribution in [1.82, 2.24) is 9.97 Å². The minimum absolute atomic E-state index is 0.00925. The molecule has 0 saturated carbocycles. The number of esters is 1. The highest BCUT2D eigenvalue weighted by atomic mass is 19.4. The van der Waals surface area contributed by atoms with Gasteiger partial charge in [-0.25, -0.2) is 14.8 Å². The molecule has 3 aromatic rings. The van der Waals surface area contributed by atoms with Gasteiger partial charge in [-0.15, -0.1) is 13.2 Å². The third-order valence-electron chi connectivity index (χ3n) is 5.03. The van der Waals surface area contributed by atoms with Crippen LogP contribution in [0.5, 0.6) is 28.7 Å². The van der Waals surface area contributed by atoms with Crippen molar-refractivity contribution < 1.29 is 59.6 Å². The van der Waals surface area contributed by atoms with Crippen molar-refractivity contribution in [2.75, 3.05) is 26.6 Å². The predicted molar refractivity (Wildman–Crippen MR) is 124 cm³/mol. The fourth-order valence-electron chi connectivity index (χ4n) is 3.28. The minimum atomic E-state index is -5.06. The first kappa shape index (κ1) is 29.8. The van der Waals surface area contributed by atoms with E-state index in [4.69, 9.17) is 14.2 Å². The van der Waals surface area contributed by atoms with E-state index in [0.29, 0.717) is 11.8 Å². The summed E-state index contributed by atoms with van der Waals surface area (Å²) >= 11 is 0. The summed E-state index contributed by atoms with van der Waals surface area (Å²) in [6.07, 6.45) is -8.27. The van der Waals surface area contributed by atoms with Crippen LogP contribution < -0.4 is 24.3 Å². The minimum Gasteiger partial charge on any atom is -0.493 e. The number of nitrogens with one attached hydrogen (secondary N) is 1. The average Bonchev–Trinajstić information content (AvgIpc) is 2.88. The molecule has 0 bridgehead atoms. The molecule has 0 aliphatic carbocycles. The van der Waals surface area contributed by atoms with Gasteiger partial charge in [0.25, 0.3) is 5.91 Å². The number of amides is 1. The molecule has 2 aromatic heterocycles. The van der Waals surface area contributed by atoms with Gasteiger partial charge in [0, 0.05) is 18.0 Å². The quantitative estimate of drug-likeness (QED) is 0.272. The molecule has 40 heavy (non-hydrogen) atoms. The van der Waals surface area contributed by atoms with E-state index < -0.39 is 52.9 Å². The molecule has 0 unspecified atom stereocenters. The fraction of sp³-hybridized carbons (Fsp3) is 0.250. The third kappa shape index (κ3) is 6.81. The number of aryl methyl sites for hydroxylation is 1. The highest BCUT2D eigenvalue weighted by Crippen LogP contribution is 2.43. The number of nitrogens with zero attached hydrogens (tertiary/aromatic N) is 2. The van der Waals surface area contributed by atoms with Gasteiger partial charge in [0.05, 0.1) is 27.5 Å². The molecule has 0 aliphatic heterocycles. The number of rotatable bonds is 8. The summed E-state index contributed by atoms with van der Waals surface area (Å²) in [5.74, 6) is -4.91. The Kier molecular flexibility index (Phi) is 8.60. The molecule has 0 radical (unpaired) electrons. The van der Waals surface area contributed by atoms with Gasteiger partial charge in [0.1, 0.15) is 17.0 Å². The van der Waals surface area contributed by atoms with Crippen LogP contribution in [-0.2, 0) is 10.9 Å². The van der Waals surface area contributed by atoms with E-state index in [2.05, 4.69) is 24.8 Å². The van der Waals surface area contributed by atoms with Gasteiger partial charge < -0.3 is 29.0 Å². The van der Waals surface area contributed by atoms with E-state index in [9.17, 15) is 35.9 Å². The number of ether oxygens (including phenoxy) is 5. The smallest absolute Gasteiger partial charge is 0.493 e. The molecule has 0 atom stereocenters. The molecule has 214 valence electrons. The van der Waals surface area contributed by atoms with Gasteiger partial charge in [-0.1, -0.05) is 0 Å². The number of carbonyl (C=O) groups excluding carboxylic acids is 2. The molecule has 0 spiro atoms. The van der Waals surface area contributed by atoms with Gasteiger partial charge in [0.15, 0.2) is 28.7 Å². The summed E-state index contributed by atoms with van der Waals surface area (Å²) in [6, 6.07) is 3.78. The lowest BCUT2D eigenvalue weighted by Gasteiger charge is -2.19. The van der Waals surface area contributed by atoms with E-state index in [1.165, 1.54) is 13.1 Å². The lowest BCUT2D eigenvalue weighted by molar-refractivity contribution is -0.274. The molecule has 0 fully saturated rings. The maximum Gasteiger partial charge on any atom is 0.573 e. The second-order valence-electron chi connectivity index (χ2n) is 7.67. The lowest BCUT2D eigenvalue weighted by Crippen LogP contribution is -2.20. The number of pyridine rings is 2. The van der Waals surface area contributed by atoms with Crippen LogP contribution in [0.25, 0.3) is 0 Å². The van der Waals surface area contributed by atoms with Crippen molar-refractivity contribution >= 4 is 17.6 Å². The van der Waals surface area contributed by atoms with Crippen molar-refractivity contribution in [1.29, 1.82) is 0 Å². The first-order valence-corrected chi connectivity index (χ1v) is 10.8. The third-order valence-corrected chi connectivity index (χ3v) is 5.03. The number of anilines is 1. The largest absolute Gasteiger partial charge is 0.573 e. The second kappa shape index (κ2) is 11.5. The highest BCUT2D eigenvalue weighted by Gasteiger charge is 2.40. The molecule has 1 amide bonds. The van der Waals surface area contributed by atoms with E-state index in [0.717, 1.165) is 45.6 Å². The molecular weight excluding hydrogens is 556 g/mol. The Morgan fingerprint density at radius 1 is 0.875 bits per heavy atom. The first-order valence-electron chi connectivity index (χ1n) is 10.8. The van der Waals surface area contributed by atoms with Gasteiger partial charge in [-0.2, -0.15) is 13.2 Å². The van der Waals surface area contributed by atoms with Crippen LogP contribution in [0.3, 0.4) is 0 Å². The SMILES string of the molecule is COC(=O)c1cc(NC(=O)c2c(Oc3ccc(OC(F)(F)F)cc3OC)cnc(C(F)(F)F)c2OC)c(C)cn1. The topological polar surface area (TPSA) is 118 Å². The number of benzene rings is 1. The maximum absolute atomic E-state index is 13.7. The Morgan fingerprint density at radius 3 is 2.15 bits per heavy atom. The molecule has 1 aromatic carbocycles. The molecule has 1 N–H and O–H groups in total. The Morgan fingerprint density at radius 2 is 1.57 bits per heavy atom. The Hall–Kier alpha value is -4.76. The number of aromatic nitrogens is 2. The summed E-state index contributed by atoms with van der Waals surface area (Å²) in [5.41, 5.74) is -2.23. The number of hydrogen-bond acceptors (Lipinski definition) is 9. The Bertz CT molecular complexity index is 1430. The second-order valence-corrected chi connectivity index (χ2v) is 7.67. The van der Waals surface area contributed by atoms with Crippen LogP contribution in [-0.4, -0.2) is 49.5 Å². The Labute approximate surface area is 221 Å². The first-order chi connectivity index (χ1) is 18.7. The van der Waals surface area contributed by atoms with Crippen molar-refractivity contribution in [3.05, 3.63) is 59.2 Å². The van der Waals surface area contributed by atoms with E-state index in [1.54, 1.807) is 0 Å². The van der Waals surface area contributed by atoms with Gasteiger partial charge >= 0.3 is 18.5 Å². The average molecular weight is 575 g/mol. The summed E-state index contributed by atoms with van der Waals surface area (Å²) < 4.78 is 103. The van der Waals surface area contributed by atoms with Crippen LogP contribution >= 0.6 is 0 Å². The molecule has 0 aliphatic rings. The van der Waals surface area contributed by atoms with Crippen LogP contribution in [0.4, 0.5) is 32.0 Å². The van der Waals surface area contributed by atoms with E-state index >= 15 is 0 Å². The number of hydrogen-bond donors (Lipinski definition) is 1. The summed E-state index contributed by atoms with van der Waals surface area (Å²) in [6.45, 7) is 1.50. The van der Waals surface area contributed by atoms with Crippen molar-refractivity contribution in [2.24, 2.45) is 0 Å². The number of carbonyl (C=O) groups is 2. The van der Waals surface area contributed by atoms with Gasteiger partial charge in [-0.3, -0.25) is 4.79 Å². The molecule has 16 heteroatoms. The molecule has 2 heterocycles. The molecule has 0 saturated heterocycles. The standard InChI is InChI=1S/C24H19F6N3O7/c1-11-9-31-14(22(35)38-4)8-13(11)33-21(34)18-17(10-32-20(19(18)37-3)23(25,26)27)39-15-6-5-12(7-16(15)36-2)40-24(28,29)30/h5-10H,1-4H3,(H,31,33,34). The van der Waals surface area contributed by atoms with Crippen LogP contribution in [0, 0.1) is 6.92 Å². The van der Waals surface area contributed by atoms with E-state index in [1.807, 2.05) is 0 Å². The van der Waals surface area contributed by atoms with Crippen molar-refractivity contribution in [3.8, 4) is 28.7 Å². The van der Waals surface area contributed by atoms with E-state index in [-0.39, 0.29) is 22.9 Å². The number of methoxy groups -OCH3 is 3. The number of alkyl halides is 6. The zero-order valence-corrected chi connectivity index (χ0v) is 21.0. The highest BCUT2D eigenvalue weighted by molar-refractivity contribution is 6.09. The zero-order valence-electron chi connectivity index (χ0n) is 21.0. The maximum atomic E-state index is 13.7. The van der Waals surface area contributed by atoms with Gasteiger partial charge in [0.2, 0.25) is 0 Å². The lowest BCUT2D eigenvalue weighted by atomic mass is 10.1. The summed E-state index contributed by atoms with van der Waals surface area (Å²) in [5, 5.41) is 2.37.